The molecule has 0 bridgehead atoms. The highest BCUT2D eigenvalue weighted by atomic mass is 32.1. The molecule has 0 aliphatic rings. The van der Waals surface area contributed by atoms with Crippen LogP contribution in [0.3, 0.4) is 0 Å². The Balaban J connectivity index is 1.89. The van der Waals surface area contributed by atoms with E-state index < -0.39 is 29.4 Å². The number of nitrogens with one attached hydrogen (secondary N) is 1. The number of aldehydes is 1. The van der Waals surface area contributed by atoms with Gasteiger partial charge in [-0.2, -0.15) is 4.37 Å². The number of thiophene rings is 2. The van der Waals surface area contributed by atoms with Gasteiger partial charge in [0.2, 0.25) is 0 Å². The Bertz CT molecular complexity index is 1190. The highest BCUT2D eigenvalue weighted by Crippen LogP contribution is 2.42. The SMILES string of the molecule is Cc1c(C[C@H](C=O)NC(=O)OC(C)(C)C)sc2c(N(Cc3cccs3)C(=O)OC(C)(C)C)snc12. The van der Waals surface area contributed by atoms with Gasteiger partial charge in [0.25, 0.3) is 0 Å². The number of aryl methyl sites for hydroxylation is 1. The number of carbonyl (C=O) groups excluding carboxylic acids is 3. The van der Waals surface area contributed by atoms with Gasteiger partial charge in [0.15, 0.2) is 0 Å². The molecule has 190 valence electrons. The van der Waals surface area contributed by atoms with Gasteiger partial charge < -0.3 is 19.6 Å². The number of alkyl carbamates (subject to hydrolysis) is 1. The largest absolute Gasteiger partial charge is 0.444 e. The van der Waals surface area contributed by atoms with Crippen molar-refractivity contribution >= 4 is 67.9 Å². The topological polar surface area (TPSA) is 97.8 Å². The highest BCUT2D eigenvalue weighted by molar-refractivity contribution is 7.25. The molecule has 0 aromatic carbocycles. The molecule has 3 aromatic rings. The van der Waals surface area contributed by atoms with Crippen LogP contribution in [0.25, 0.3) is 10.2 Å². The number of amides is 2. The summed E-state index contributed by atoms with van der Waals surface area (Å²) < 4.78 is 16.4. The second-order valence-electron chi connectivity index (χ2n) is 10.1. The lowest BCUT2D eigenvalue weighted by atomic mass is 10.1. The Morgan fingerprint density at radius 2 is 1.86 bits per heavy atom. The molecule has 35 heavy (non-hydrogen) atoms. The first-order chi connectivity index (χ1) is 16.3. The third kappa shape index (κ3) is 7.25. The van der Waals surface area contributed by atoms with E-state index in [9.17, 15) is 14.4 Å². The molecule has 1 N–H and O–H groups in total. The average molecular weight is 538 g/mol. The average Bonchev–Trinajstić information content (AvgIpc) is 3.42. The zero-order chi connectivity index (χ0) is 26.0. The van der Waals surface area contributed by atoms with Gasteiger partial charge in [-0.3, -0.25) is 4.90 Å². The molecule has 0 saturated carbocycles. The van der Waals surface area contributed by atoms with E-state index in [0.29, 0.717) is 24.3 Å². The molecule has 0 saturated heterocycles. The molecule has 0 unspecified atom stereocenters. The summed E-state index contributed by atoms with van der Waals surface area (Å²) in [5.41, 5.74) is 0.401. The molecular weight excluding hydrogens is 506 g/mol. The summed E-state index contributed by atoms with van der Waals surface area (Å²) in [5, 5.41) is 5.29. The quantitative estimate of drug-likeness (QED) is 0.355. The molecule has 0 aliphatic carbocycles. The van der Waals surface area contributed by atoms with Gasteiger partial charge in [0.05, 0.1) is 17.3 Å². The fraction of sp³-hybridized carbons (Fsp3) is 0.500. The van der Waals surface area contributed by atoms with Crippen molar-refractivity contribution in [3.05, 3.63) is 32.8 Å². The first kappa shape index (κ1) is 27.1. The number of ether oxygens (including phenoxy) is 2. The second kappa shape index (κ2) is 10.6. The zero-order valence-corrected chi connectivity index (χ0v) is 23.4. The number of carbonyl (C=O) groups is 3. The van der Waals surface area contributed by atoms with Crippen molar-refractivity contribution in [1.82, 2.24) is 9.69 Å². The maximum atomic E-state index is 13.2. The van der Waals surface area contributed by atoms with Crippen molar-refractivity contribution in [2.75, 3.05) is 4.90 Å². The maximum absolute atomic E-state index is 13.2. The van der Waals surface area contributed by atoms with Crippen molar-refractivity contribution < 1.29 is 23.9 Å². The summed E-state index contributed by atoms with van der Waals surface area (Å²) in [6.07, 6.45) is -0.0803. The molecule has 0 radical (unpaired) electrons. The van der Waals surface area contributed by atoms with Crippen LogP contribution in [0.1, 0.15) is 56.9 Å². The number of hydrogen-bond donors (Lipinski definition) is 1. The molecule has 2 amide bonds. The van der Waals surface area contributed by atoms with Gasteiger partial charge in [-0.1, -0.05) is 6.07 Å². The summed E-state index contributed by atoms with van der Waals surface area (Å²) in [4.78, 5) is 40.6. The lowest BCUT2D eigenvalue weighted by Crippen LogP contribution is -2.41. The summed E-state index contributed by atoms with van der Waals surface area (Å²) >= 11 is 4.28. The van der Waals surface area contributed by atoms with Crippen LogP contribution in [0.4, 0.5) is 14.6 Å². The van der Waals surface area contributed by atoms with Crippen LogP contribution in [-0.2, 0) is 27.2 Å². The van der Waals surface area contributed by atoms with Crippen molar-refractivity contribution in [1.29, 1.82) is 0 Å². The molecule has 3 heterocycles. The summed E-state index contributed by atoms with van der Waals surface area (Å²) in [6.45, 7) is 13.1. The van der Waals surface area contributed by atoms with Crippen molar-refractivity contribution in [2.24, 2.45) is 0 Å². The third-order valence-electron chi connectivity index (χ3n) is 4.66. The number of nitrogens with zero attached hydrogens (tertiary/aromatic N) is 2. The van der Waals surface area contributed by atoms with E-state index in [1.807, 2.05) is 45.2 Å². The molecule has 1 atom stereocenters. The molecule has 11 heteroatoms. The van der Waals surface area contributed by atoms with E-state index >= 15 is 0 Å². The standard InChI is InChI=1S/C24H31N3O5S3/c1-14-17(11-15(13-28)25-21(29)31-23(2,3)4)34-19-18(14)26-35-20(19)27(12-16-9-8-10-33-16)22(30)32-24(5,6)7/h8-10,13,15H,11-12H2,1-7H3,(H,25,29)/t15-/m1/s1. The Kier molecular flexibility index (Phi) is 8.23. The summed E-state index contributed by atoms with van der Waals surface area (Å²) in [6, 6.07) is 3.18. The van der Waals surface area contributed by atoms with Gasteiger partial charge in [-0.05, 0) is 77.0 Å². The maximum Gasteiger partial charge on any atom is 0.415 e. The van der Waals surface area contributed by atoms with Crippen LogP contribution in [0.15, 0.2) is 17.5 Å². The Hall–Kier alpha value is -2.50. The van der Waals surface area contributed by atoms with Crippen molar-refractivity contribution in [2.45, 2.75) is 78.7 Å². The summed E-state index contributed by atoms with van der Waals surface area (Å²) in [5.74, 6) is 0. The fourth-order valence-electron chi connectivity index (χ4n) is 3.19. The molecule has 8 nitrogen and oxygen atoms in total. The van der Waals surface area contributed by atoms with Crippen LogP contribution in [-0.4, -0.2) is 40.1 Å². The summed E-state index contributed by atoms with van der Waals surface area (Å²) in [7, 11) is 0. The lowest BCUT2D eigenvalue weighted by molar-refractivity contribution is -0.109. The number of anilines is 1. The first-order valence-corrected chi connectivity index (χ1v) is 13.6. The zero-order valence-electron chi connectivity index (χ0n) is 21.0. The molecule has 3 aromatic heterocycles. The number of aromatic nitrogens is 1. The predicted octanol–water partition coefficient (Wildman–Crippen LogP) is 6.30. The van der Waals surface area contributed by atoms with Crippen LogP contribution in [0, 0.1) is 6.92 Å². The van der Waals surface area contributed by atoms with Crippen molar-refractivity contribution in [3.63, 3.8) is 0 Å². The smallest absolute Gasteiger partial charge is 0.415 e. The minimum absolute atomic E-state index is 0.303. The van der Waals surface area contributed by atoms with Gasteiger partial charge in [0.1, 0.15) is 28.0 Å². The van der Waals surface area contributed by atoms with Gasteiger partial charge in [-0.25, -0.2) is 9.59 Å². The van der Waals surface area contributed by atoms with Crippen LogP contribution in [0.5, 0.6) is 0 Å². The normalized spacial score (nSPS) is 12.9. The van der Waals surface area contributed by atoms with E-state index in [2.05, 4.69) is 9.69 Å². The Labute approximate surface area is 217 Å². The second-order valence-corrected chi connectivity index (χ2v) is 12.9. The van der Waals surface area contributed by atoms with Crippen LogP contribution < -0.4 is 10.2 Å². The minimum atomic E-state index is -0.744. The number of rotatable bonds is 7. The van der Waals surface area contributed by atoms with E-state index in [4.69, 9.17) is 9.47 Å². The van der Waals surface area contributed by atoms with Gasteiger partial charge >= 0.3 is 12.2 Å². The number of fused-ring (bicyclic) bond motifs is 1. The van der Waals surface area contributed by atoms with Crippen molar-refractivity contribution in [3.8, 4) is 0 Å². The Morgan fingerprint density at radius 1 is 1.17 bits per heavy atom. The van der Waals surface area contributed by atoms with E-state index in [-0.39, 0.29) is 0 Å². The lowest BCUT2D eigenvalue weighted by Gasteiger charge is -2.26. The molecule has 0 spiro atoms. The van der Waals surface area contributed by atoms with E-state index in [1.165, 1.54) is 22.9 Å². The Morgan fingerprint density at radius 3 is 2.43 bits per heavy atom. The van der Waals surface area contributed by atoms with Crippen LogP contribution >= 0.6 is 34.2 Å². The molecule has 0 fully saturated rings. The van der Waals surface area contributed by atoms with E-state index in [1.54, 1.807) is 37.0 Å². The van der Waals surface area contributed by atoms with E-state index in [0.717, 1.165) is 25.5 Å². The first-order valence-electron chi connectivity index (χ1n) is 11.1. The van der Waals surface area contributed by atoms with Gasteiger partial charge in [-0.15, -0.1) is 22.7 Å². The predicted molar refractivity (Wildman–Crippen MR) is 142 cm³/mol. The molecule has 0 aliphatic heterocycles. The van der Waals surface area contributed by atoms with Gasteiger partial charge in [0, 0.05) is 16.2 Å². The monoisotopic (exact) mass is 537 g/mol. The number of hydrogen-bond acceptors (Lipinski definition) is 9. The third-order valence-corrected chi connectivity index (χ3v) is 7.83. The molecule has 3 rings (SSSR count). The minimum Gasteiger partial charge on any atom is -0.444 e. The molecular formula is C24H31N3O5S3. The van der Waals surface area contributed by atoms with Crippen LogP contribution in [0.2, 0.25) is 0 Å². The fourth-order valence-corrected chi connectivity index (χ4v) is 6.25. The highest BCUT2D eigenvalue weighted by Gasteiger charge is 2.29.